The number of carbonyl (C=O) groups is 3. The van der Waals surface area contributed by atoms with Gasteiger partial charge in [0.05, 0.1) is 6.26 Å². The first kappa shape index (κ1) is 21.0. The predicted octanol–water partition coefficient (Wildman–Crippen LogP) is 4.06. The highest BCUT2D eigenvalue weighted by Gasteiger charge is 2.40. The fraction of sp³-hybridized carbons (Fsp3) is 0.208. The molecular weight excluding hydrogens is 384 g/mol. The second-order valence-electron chi connectivity index (χ2n) is 6.69. The van der Waals surface area contributed by atoms with Gasteiger partial charge in [0.1, 0.15) is 25.3 Å². The molecule has 0 unspecified atom stereocenters. The van der Waals surface area contributed by atoms with Gasteiger partial charge in [-0.05, 0) is 23.3 Å². The Kier molecular flexibility index (Phi) is 7.55. The highest BCUT2D eigenvalue weighted by atomic mass is 16.6. The molecular formula is C24H22O6. The highest BCUT2D eigenvalue weighted by molar-refractivity contribution is 5.96. The molecule has 1 aromatic heterocycles. The third-order valence-electron chi connectivity index (χ3n) is 4.62. The van der Waals surface area contributed by atoms with Crippen molar-refractivity contribution in [2.75, 3.05) is 0 Å². The number of esters is 2. The third-order valence-corrected chi connectivity index (χ3v) is 4.62. The minimum atomic E-state index is -1.33. The zero-order valence-corrected chi connectivity index (χ0v) is 16.3. The Morgan fingerprint density at radius 3 is 1.77 bits per heavy atom. The van der Waals surface area contributed by atoms with Crippen molar-refractivity contribution in [2.24, 2.45) is 5.92 Å². The summed E-state index contributed by atoms with van der Waals surface area (Å²) in [4.78, 5) is 37.1. The molecule has 0 aliphatic heterocycles. The summed E-state index contributed by atoms with van der Waals surface area (Å²) in [5, 5.41) is 0. The fourth-order valence-electron chi connectivity index (χ4n) is 3.08. The molecule has 0 radical (unpaired) electrons. The second-order valence-corrected chi connectivity index (χ2v) is 6.69. The molecule has 154 valence electrons. The van der Waals surface area contributed by atoms with Crippen LogP contribution in [-0.4, -0.2) is 18.2 Å². The van der Waals surface area contributed by atoms with Crippen molar-refractivity contribution in [3.8, 4) is 0 Å². The monoisotopic (exact) mass is 406 g/mol. The minimum absolute atomic E-state index is 0.00804. The molecule has 0 saturated carbocycles. The van der Waals surface area contributed by atoms with E-state index in [1.165, 1.54) is 6.26 Å². The molecule has 1 heterocycles. The molecule has 0 amide bonds. The molecule has 30 heavy (non-hydrogen) atoms. The van der Waals surface area contributed by atoms with E-state index in [1.807, 2.05) is 60.7 Å². The molecule has 0 saturated heterocycles. The van der Waals surface area contributed by atoms with Gasteiger partial charge in [0.2, 0.25) is 0 Å². The predicted molar refractivity (Wildman–Crippen MR) is 108 cm³/mol. The fourth-order valence-corrected chi connectivity index (χ4v) is 3.08. The Bertz CT molecular complexity index is 879. The topological polar surface area (TPSA) is 82.8 Å². The van der Waals surface area contributed by atoms with E-state index in [2.05, 4.69) is 0 Å². The molecule has 3 aromatic rings. The van der Waals surface area contributed by atoms with E-state index in [4.69, 9.17) is 13.9 Å². The maximum absolute atomic E-state index is 12.9. The molecule has 6 nitrogen and oxygen atoms in total. The van der Waals surface area contributed by atoms with Crippen LogP contribution in [0.2, 0.25) is 0 Å². The van der Waals surface area contributed by atoms with Gasteiger partial charge in [-0.1, -0.05) is 60.7 Å². The number of hydrogen-bond donors (Lipinski definition) is 0. The Hall–Kier alpha value is -3.67. The lowest BCUT2D eigenvalue weighted by atomic mass is 9.87. The summed E-state index contributed by atoms with van der Waals surface area (Å²) in [6, 6.07) is 21.5. The molecule has 0 bridgehead atoms. The Morgan fingerprint density at radius 1 is 0.800 bits per heavy atom. The summed E-state index contributed by atoms with van der Waals surface area (Å²) in [6.45, 7) is 0.0161. The van der Waals surface area contributed by atoms with Crippen LogP contribution >= 0.6 is 0 Å². The van der Waals surface area contributed by atoms with Crippen LogP contribution in [0.25, 0.3) is 0 Å². The lowest BCUT2D eigenvalue weighted by molar-refractivity contribution is -0.165. The van der Waals surface area contributed by atoms with Crippen LogP contribution in [-0.2, 0) is 37.1 Å². The summed E-state index contributed by atoms with van der Waals surface area (Å²) in [5.74, 6) is -3.32. The van der Waals surface area contributed by atoms with Crippen molar-refractivity contribution in [3.63, 3.8) is 0 Å². The zero-order valence-electron chi connectivity index (χ0n) is 16.3. The smallest absolute Gasteiger partial charge is 0.321 e. The Labute approximate surface area is 174 Å². The van der Waals surface area contributed by atoms with Crippen LogP contribution in [0, 0.1) is 5.92 Å². The summed E-state index contributed by atoms with van der Waals surface area (Å²) in [6.07, 6.45) is 1.99. The van der Waals surface area contributed by atoms with Gasteiger partial charge in [-0.15, -0.1) is 0 Å². The van der Waals surface area contributed by atoms with Crippen LogP contribution in [0.15, 0.2) is 83.5 Å². The quantitative estimate of drug-likeness (QED) is 0.287. The minimum Gasteiger partial charge on any atom is -0.469 e. The Morgan fingerprint density at radius 2 is 1.33 bits per heavy atom. The zero-order chi connectivity index (χ0) is 21.2. The van der Waals surface area contributed by atoms with E-state index in [9.17, 15) is 14.4 Å². The van der Waals surface area contributed by atoms with Gasteiger partial charge in [-0.25, -0.2) is 0 Å². The number of furan rings is 1. The number of rotatable bonds is 10. The van der Waals surface area contributed by atoms with E-state index < -0.39 is 23.8 Å². The Balaban J connectivity index is 1.78. The van der Waals surface area contributed by atoms with E-state index >= 15 is 0 Å². The van der Waals surface area contributed by atoms with Crippen molar-refractivity contribution in [1.29, 1.82) is 0 Å². The highest BCUT2D eigenvalue weighted by Crippen LogP contribution is 2.31. The molecule has 6 heteroatoms. The van der Waals surface area contributed by atoms with Crippen molar-refractivity contribution in [2.45, 2.75) is 25.6 Å². The number of carbonyl (C=O) groups excluding carboxylic acids is 3. The molecule has 3 rings (SSSR count). The van der Waals surface area contributed by atoms with Crippen LogP contribution in [0.4, 0.5) is 0 Å². The van der Waals surface area contributed by atoms with Crippen molar-refractivity contribution in [1.82, 2.24) is 0 Å². The molecule has 0 spiro atoms. The molecule has 0 aliphatic rings. The molecule has 0 N–H and O–H groups in total. The van der Waals surface area contributed by atoms with Gasteiger partial charge in [-0.3, -0.25) is 9.59 Å². The first-order valence-electron chi connectivity index (χ1n) is 9.57. The van der Waals surface area contributed by atoms with Crippen LogP contribution < -0.4 is 0 Å². The molecule has 0 fully saturated rings. The maximum Gasteiger partial charge on any atom is 0.321 e. The summed E-state index contributed by atoms with van der Waals surface area (Å²) >= 11 is 0. The summed E-state index contributed by atoms with van der Waals surface area (Å²) in [5.41, 5.74) is 1.57. The van der Waals surface area contributed by atoms with Crippen molar-refractivity contribution >= 4 is 18.2 Å². The normalized spacial score (nSPS) is 11.6. The summed E-state index contributed by atoms with van der Waals surface area (Å²) < 4.78 is 16.2. The molecule has 1 atom stereocenters. The first-order valence-corrected chi connectivity index (χ1v) is 9.57. The lowest BCUT2D eigenvalue weighted by Crippen LogP contribution is -2.33. The van der Waals surface area contributed by atoms with Gasteiger partial charge in [0.15, 0.2) is 5.92 Å². The average Bonchev–Trinajstić information content (AvgIpc) is 3.32. The van der Waals surface area contributed by atoms with Gasteiger partial charge in [0.25, 0.3) is 0 Å². The van der Waals surface area contributed by atoms with Gasteiger partial charge < -0.3 is 18.7 Å². The van der Waals surface area contributed by atoms with Crippen molar-refractivity contribution < 1.29 is 28.3 Å². The lowest BCUT2D eigenvalue weighted by Gasteiger charge is -2.21. The third kappa shape index (κ3) is 5.67. The van der Waals surface area contributed by atoms with Gasteiger partial charge in [-0.2, -0.15) is 0 Å². The largest absolute Gasteiger partial charge is 0.469 e. The van der Waals surface area contributed by atoms with E-state index in [0.717, 1.165) is 11.1 Å². The van der Waals surface area contributed by atoms with Crippen LogP contribution in [0.5, 0.6) is 0 Å². The van der Waals surface area contributed by atoms with Gasteiger partial charge >= 0.3 is 11.9 Å². The number of hydrogen-bond acceptors (Lipinski definition) is 6. The van der Waals surface area contributed by atoms with Gasteiger partial charge in [0, 0.05) is 12.3 Å². The van der Waals surface area contributed by atoms with Crippen LogP contribution in [0.3, 0.4) is 0 Å². The second kappa shape index (κ2) is 10.8. The first-order chi connectivity index (χ1) is 14.7. The molecule has 0 aliphatic carbocycles. The number of ether oxygens (including phenoxy) is 2. The van der Waals surface area contributed by atoms with Crippen LogP contribution in [0.1, 0.15) is 29.2 Å². The SMILES string of the molecule is O=CC[C@H](c1ccco1)C(C(=O)OCc1ccccc1)C(=O)OCc1ccccc1. The summed E-state index contributed by atoms with van der Waals surface area (Å²) in [7, 11) is 0. The van der Waals surface area contributed by atoms with E-state index in [-0.39, 0.29) is 19.6 Å². The average molecular weight is 406 g/mol. The molecule has 2 aromatic carbocycles. The number of aldehydes is 1. The van der Waals surface area contributed by atoms with Crippen molar-refractivity contribution in [3.05, 3.63) is 95.9 Å². The standard InChI is InChI=1S/C24H22O6/c25-14-13-20(21-12-7-15-28-21)22(23(26)29-16-18-8-3-1-4-9-18)24(27)30-17-19-10-5-2-6-11-19/h1-12,14-15,20,22H,13,16-17H2/t20-/m1/s1. The van der Waals surface area contributed by atoms with E-state index in [1.54, 1.807) is 12.1 Å². The van der Waals surface area contributed by atoms with E-state index in [0.29, 0.717) is 12.0 Å². The maximum atomic E-state index is 12.9. The number of benzene rings is 2.